The molecule has 0 aromatic heterocycles. The van der Waals surface area contributed by atoms with Crippen molar-refractivity contribution in [3.63, 3.8) is 0 Å². The highest BCUT2D eigenvalue weighted by Gasteiger charge is 2.67. The van der Waals surface area contributed by atoms with Gasteiger partial charge in [-0.25, -0.2) is 0 Å². The van der Waals surface area contributed by atoms with Gasteiger partial charge in [0.1, 0.15) is 6.04 Å². The number of nitro benzene ring substituents is 1. The lowest BCUT2D eigenvalue weighted by atomic mass is 9.63. The monoisotopic (exact) mass is 381 g/mol. The number of allylic oxidation sites excluding steroid dienone is 2. The predicted octanol–water partition coefficient (Wildman–Crippen LogP) is 1.97. The van der Waals surface area contributed by atoms with Gasteiger partial charge < -0.3 is 5.32 Å². The second kappa shape index (κ2) is 5.73. The van der Waals surface area contributed by atoms with E-state index in [1.807, 2.05) is 0 Å². The number of hydrogen-bond donors (Lipinski definition) is 1. The quantitative estimate of drug-likeness (QED) is 0.371. The van der Waals surface area contributed by atoms with Crippen LogP contribution in [0.1, 0.15) is 13.3 Å². The highest BCUT2D eigenvalue weighted by Crippen LogP contribution is 2.65. The smallest absolute Gasteiger partial charge is 0.269 e. The number of imide groups is 1. The third-order valence-electron chi connectivity index (χ3n) is 6.81. The number of non-ortho nitro benzene ring substituents is 1. The first-order valence-corrected chi connectivity index (χ1v) is 9.49. The maximum atomic E-state index is 13.0. The van der Waals surface area contributed by atoms with Crippen molar-refractivity contribution >= 4 is 29.1 Å². The van der Waals surface area contributed by atoms with E-state index in [1.165, 1.54) is 24.3 Å². The summed E-state index contributed by atoms with van der Waals surface area (Å²) in [7, 11) is 0. The zero-order valence-corrected chi connectivity index (χ0v) is 15.1. The first-order valence-electron chi connectivity index (χ1n) is 9.49. The van der Waals surface area contributed by atoms with Gasteiger partial charge in [-0.2, -0.15) is 0 Å². The summed E-state index contributed by atoms with van der Waals surface area (Å²) >= 11 is 0. The first kappa shape index (κ1) is 17.1. The number of hydrogen-bond acceptors (Lipinski definition) is 5. The molecule has 3 amide bonds. The minimum atomic E-state index is -0.934. The van der Waals surface area contributed by atoms with Crippen LogP contribution in [0.4, 0.5) is 11.4 Å². The maximum absolute atomic E-state index is 13.0. The average molecular weight is 381 g/mol. The Morgan fingerprint density at radius 3 is 2.14 bits per heavy atom. The summed E-state index contributed by atoms with van der Waals surface area (Å²) in [6, 6.07) is 4.49. The van der Waals surface area contributed by atoms with Crippen LogP contribution in [0.2, 0.25) is 0 Å². The van der Waals surface area contributed by atoms with Crippen molar-refractivity contribution in [3.05, 3.63) is 46.5 Å². The number of rotatable bonds is 4. The second-order valence-electron chi connectivity index (χ2n) is 8.17. The molecule has 1 N–H and O–H groups in total. The summed E-state index contributed by atoms with van der Waals surface area (Å²) in [6.45, 7) is 1.55. The number of nitrogens with zero attached hydrogens (tertiary/aromatic N) is 2. The van der Waals surface area contributed by atoms with Gasteiger partial charge in [0.2, 0.25) is 17.7 Å². The van der Waals surface area contributed by atoms with Gasteiger partial charge in [0, 0.05) is 17.8 Å². The minimum absolute atomic E-state index is 0.0819. The van der Waals surface area contributed by atoms with Crippen molar-refractivity contribution in [2.75, 3.05) is 5.32 Å². The Bertz CT molecular complexity index is 904. The van der Waals surface area contributed by atoms with Gasteiger partial charge in [0.25, 0.3) is 5.69 Å². The van der Waals surface area contributed by atoms with E-state index in [1.54, 1.807) is 6.92 Å². The third kappa shape index (κ3) is 2.26. The average Bonchev–Trinajstić information content (AvgIpc) is 3.45. The van der Waals surface area contributed by atoms with Gasteiger partial charge in [-0.15, -0.1) is 0 Å². The Balaban J connectivity index is 1.33. The number of anilines is 1. The highest BCUT2D eigenvalue weighted by atomic mass is 16.6. The van der Waals surface area contributed by atoms with Crippen LogP contribution >= 0.6 is 0 Å². The number of carbonyl (C=O) groups is 3. The van der Waals surface area contributed by atoms with E-state index in [0.29, 0.717) is 17.5 Å². The Labute approximate surface area is 160 Å². The van der Waals surface area contributed by atoms with E-state index in [9.17, 15) is 24.5 Å². The van der Waals surface area contributed by atoms with Crippen LogP contribution in [0.5, 0.6) is 0 Å². The van der Waals surface area contributed by atoms with Gasteiger partial charge in [-0.05, 0) is 49.1 Å². The van der Waals surface area contributed by atoms with Crippen LogP contribution in [0.25, 0.3) is 0 Å². The lowest BCUT2D eigenvalue weighted by molar-refractivity contribution is -0.384. The van der Waals surface area contributed by atoms with Crippen LogP contribution in [-0.2, 0) is 14.4 Å². The largest absolute Gasteiger partial charge is 0.324 e. The van der Waals surface area contributed by atoms with Crippen molar-refractivity contribution in [1.29, 1.82) is 0 Å². The zero-order valence-electron chi connectivity index (χ0n) is 15.1. The van der Waals surface area contributed by atoms with Crippen molar-refractivity contribution in [1.82, 2.24) is 4.90 Å². The Morgan fingerprint density at radius 1 is 1.11 bits per heavy atom. The Morgan fingerprint density at radius 2 is 1.64 bits per heavy atom. The molecule has 1 aromatic carbocycles. The highest BCUT2D eigenvalue weighted by molar-refractivity contribution is 6.10. The van der Waals surface area contributed by atoms with Gasteiger partial charge in [0.15, 0.2) is 0 Å². The van der Waals surface area contributed by atoms with E-state index in [4.69, 9.17) is 0 Å². The molecule has 0 unspecified atom stereocenters. The topological polar surface area (TPSA) is 110 Å². The molecule has 1 aromatic rings. The molecule has 0 spiro atoms. The van der Waals surface area contributed by atoms with E-state index in [-0.39, 0.29) is 41.2 Å². The standard InChI is InChI=1S/C20H19N3O5/c1-9(18(24)21-10-2-4-11(5-3-10)23(27)28)22-19(25)16-12-6-7-13(15-8-14(12)15)17(16)20(22)26/h2-7,9,12-17H,8H2,1H3,(H,21,24)/t9-,12+,13+,14+,15+,16-,17-/m0/s1. The number of likely N-dealkylation sites (tertiary alicyclic amines) is 1. The number of nitrogens with one attached hydrogen (secondary N) is 1. The molecule has 5 aliphatic rings. The van der Waals surface area contributed by atoms with Gasteiger partial charge in [0.05, 0.1) is 16.8 Å². The third-order valence-corrected chi connectivity index (χ3v) is 6.81. The maximum Gasteiger partial charge on any atom is 0.269 e. The molecule has 4 aliphatic carbocycles. The number of benzene rings is 1. The van der Waals surface area contributed by atoms with Gasteiger partial charge >= 0.3 is 0 Å². The SMILES string of the molecule is C[C@@H](C(=O)Nc1ccc([N+](=O)[O-])cc1)N1C(=O)[C@H]2[C@@H]3C=C[C@H]([C@H]4C[C@H]34)[C@@H]2C1=O. The lowest BCUT2D eigenvalue weighted by Gasteiger charge is -2.37. The molecule has 3 fully saturated rings. The molecular formula is C20H19N3O5. The zero-order chi connectivity index (χ0) is 19.7. The molecule has 0 radical (unpaired) electrons. The van der Waals surface area contributed by atoms with E-state index in [2.05, 4.69) is 17.5 Å². The number of amides is 3. The fourth-order valence-electron chi connectivity index (χ4n) is 5.39. The summed E-state index contributed by atoms with van der Waals surface area (Å²) in [5.41, 5.74) is 0.295. The van der Waals surface area contributed by atoms with Crippen LogP contribution in [0.3, 0.4) is 0 Å². The molecule has 28 heavy (non-hydrogen) atoms. The lowest BCUT2D eigenvalue weighted by Crippen LogP contribution is -2.46. The second-order valence-corrected chi connectivity index (χ2v) is 8.17. The van der Waals surface area contributed by atoms with Crippen LogP contribution in [-0.4, -0.2) is 33.6 Å². The molecule has 8 nitrogen and oxygen atoms in total. The number of nitro groups is 1. The van der Waals surface area contributed by atoms with E-state index in [0.717, 1.165) is 11.3 Å². The summed E-state index contributed by atoms with van der Waals surface area (Å²) in [5.74, 6) is -0.384. The first-order chi connectivity index (χ1) is 13.4. The normalized spacial score (nSPS) is 35.4. The summed E-state index contributed by atoms with van der Waals surface area (Å²) < 4.78 is 0. The molecule has 8 heteroatoms. The van der Waals surface area contributed by atoms with Crippen molar-refractivity contribution in [2.45, 2.75) is 19.4 Å². The Hall–Kier alpha value is -3.03. The van der Waals surface area contributed by atoms with Crippen molar-refractivity contribution in [2.24, 2.45) is 35.5 Å². The minimum Gasteiger partial charge on any atom is -0.324 e. The van der Waals surface area contributed by atoms with Crippen LogP contribution in [0.15, 0.2) is 36.4 Å². The molecule has 1 saturated heterocycles. The molecule has 144 valence electrons. The number of carbonyl (C=O) groups excluding carboxylic acids is 3. The van der Waals surface area contributed by atoms with Gasteiger partial charge in [-0.3, -0.25) is 29.4 Å². The summed E-state index contributed by atoms with van der Waals surface area (Å²) in [4.78, 5) is 50.1. The van der Waals surface area contributed by atoms with Crippen LogP contribution in [0, 0.1) is 45.6 Å². The Kier molecular flexibility index (Phi) is 3.50. The molecule has 7 atom stereocenters. The van der Waals surface area contributed by atoms with Crippen molar-refractivity contribution in [3.8, 4) is 0 Å². The molecule has 1 aliphatic heterocycles. The molecule has 1 heterocycles. The predicted molar refractivity (Wildman–Crippen MR) is 97.7 cm³/mol. The molecule has 6 rings (SSSR count). The molecule has 2 bridgehead atoms. The van der Waals surface area contributed by atoms with Gasteiger partial charge in [-0.1, -0.05) is 12.2 Å². The molecule has 2 saturated carbocycles. The fraction of sp³-hybridized carbons (Fsp3) is 0.450. The summed E-state index contributed by atoms with van der Waals surface area (Å²) in [6.07, 6.45) is 5.28. The van der Waals surface area contributed by atoms with E-state index >= 15 is 0 Å². The van der Waals surface area contributed by atoms with Crippen LogP contribution < -0.4 is 5.32 Å². The van der Waals surface area contributed by atoms with E-state index < -0.39 is 16.9 Å². The fourth-order valence-corrected chi connectivity index (χ4v) is 5.39. The molecular weight excluding hydrogens is 362 g/mol. The summed E-state index contributed by atoms with van der Waals surface area (Å²) in [5, 5.41) is 13.4. The van der Waals surface area contributed by atoms with Crippen molar-refractivity contribution < 1.29 is 19.3 Å².